The van der Waals surface area contributed by atoms with E-state index in [9.17, 15) is 18.0 Å². The lowest BCUT2D eigenvalue weighted by atomic mass is 10.1. The minimum atomic E-state index is -3.66. The van der Waals surface area contributed by atoms with Crippen molar-refractivity contribution in [3.8, 4) is 5.75 Å². The summed E-state index contributed by atoms with van der Waals surface area (Å²) < 4.78 is 29.7. The minimum absolute atomic E-state index is 0.0897. The molecular formula is C15H21NO6S. The van der Waals surface area contributed by atoms with Crippen LogP contribution in [-0.4, -0.2) is 56.3 Å². The molecule has 1 amide bonds. The van der Waals surface area contributed by atoms with Crippen LogP contribution in [0.5, 0.6) is 5.75 Å². The molecule has 1 rings (SSSR count). The molecule has 8 heteroatoms. The lowest BCUT2D eigenvalue weighted by Crippen LogP contribution is -2.44. The van der Waals surface area contributed by atoms with Gasteiger partial charge in [-0.1, -0.05) is 6.92 Å². The Bertz CT molecular complexity index is 668. The Morgan fingerprint density at radius 1 is 1.22 bits per heavy atom. The molecule has 23 heavy (non-hydrogen) atoms. The number of carboxylic acid groups (broad SMARTS) is 1. The Hall–Kier alpha value is -2.09. The number of carbonyl (C=O) groups is 2. The molecule has 0 aliphatic carbocycles. The number of nitrogens with zero attached hydrogens (tertiary/aromatic N) is 1. The van der Waals surface area contributed by atoms with Crippen LogP contribution in [0, 0.1) is 5.92 Å². The number of benzene rings is 1. The van der Waals surface area contributed by atoms with Crippen LogP contribution in [0.4, 0.5) is 0 Å². The Morgan fingerprint density at radius 3 is 2.17 bits per heavy atom. The smallest absolute Gasteiger partial charge is 0.326 e. The van der Waals surface area contributed by atoms with Crippen molar-refractivity contribution in [3.05, 3.63) is 24.3 Å². The van der Waals surface area contributed by atoms with E-state index in [0.29, 0.717) is 5.75 Å². The summed E-state index contributed by atoms with van der Waals surface area (Å²) in [5.74, 6) is -2.39. The number of aliphatic carboxylic acids is 1. The Labute approximate surface area is 135 Å². The van der Waals surface area contributed by atoms with E-state index in [2.05, 4.69) is 0 Å². The quantitative estimate of drug-likeness (QED) is 0.794. The van der Waals surface area contributed by atoms with Gasteiger partial charge in [0.25, 0.3) is 0 Å². The molecule has 1 aromatic rings. The van der Waals surface area contributed by atoms with Crippen LogP contribution in [0.15, 0.2) is 29.2 Å². The maximum atomic E-state index is 12.3. The number of likely N-dealkylation sites (N-methyl/N-ethyl adjacent to an activating group) is 1. The van der Waals surface area contributed by atoms with Crippen LogP contribution in [0.2, 0.25) is 0 Å². The SMILES string of the molecule is COc1ccc(S(=O)(=O)CC(C)C(=O)N(C)C(C)C(=O)O)cc1. The molecule has 7 nitrogen and oxygen atoms in total. The van der Waals surface area contributed by atoms with E-state index in [0.717, 1.165) is 4.90 Å². The summed E-state index contributed by atoms with van der Waals surface area (Å²) in [6.07, 6.45) is 0. The highest BCUT2D eigenvalue weighted by Gasteiger charge is 2.29. The molecule has 0 heterocycles. The Morgan fingerprint density at radius 2 is 1.74 bits per heavy atom. The van der Waals surface area contributed by atoms with Gasteiger partial charge < -0.3 is 14.7 Å². The maximum absolute atomic E-state index is 12.3. The highest BCUT2D eigenvalue weighted by atomic mass is 32.2. The second kappa shape index (κ2) is 7.45. The van der Waals surface area contributed by atoms with Gasteiger partial charge in [-0.25, -0.2) is 13.2 Å². The molecule has 0 radical (unpaired) electrons. The number of carbonyl (C=O) groups excluding carboxylic acids is 1. The van der Waals surface area contributed by atoms with E-state index in [-0.39, 0.29) is 4.90 Å². The number of hydrogen-bond donors (Lipinski definition) is 1. The first-order valence-electron chi connectivity index (χ1n) is 6.96. The minimum Gasteiger partial charge on any atom is -0.497 e. The lowest BCUT2D eigenvalue weighted by molar-refractivity contribution is -0.149. The van der Waals surface area contributed by atoms with Crippen LogP contribution in [-0.2, 0) is 19.4 Å². The molecule has 0 aromatic heterocycles. The van der Waals surface area contributed by atoms with Crippen molar-refractivity contribution in [1.29, 1.82) is 0 Å². The van der Waals surface area contributed by atoms with Gasteiger partial charge in [0.1, 0.15) is 11.8 Å². The van der Waals surface area contributed by atoms with Crippen molar-refractivity contribution in [2.24, 2.45) is 5.92 Å². The van der Waals surface area contributed by atoms with E-state index >= 15 is 0 Å². The molecule has 0 spiro atoms. The van der Waals surface area contributed by atoms with Gasteiger partial charge in [-0.05, 0) is 31.2 Å². The first-order chi connectivity index (χ1) is 10.6. The standard InChI is InChI=1S/C15H21NO6S/c1-10(14(17)16(3)11(2)15(18)19)9-23(20,21)13-7-5-12(22-4)6-8-13/h5-8,10-11H,9H2,1-4H3,(H,18,19). The third kappa shape index (κ3) is 4.69. The number of rotatable bonds is 7. The van der Waals surface area contributed by atoms with Gasteiger partial charge in [0.05, 0.1) is 17.8 Å². The summed E-state index contributed by atoms with van der Waals surface area (Å²) in [4.78, 5) is 24.2. The van der Waals surface area contributed by atoms with E-state index in [1.54, 1.807) is 0 Å². The molecule has 0 aliphatic rings. The fourth-order valence-corrected chi connectivity index (χ4v) is 3.53. The number of amides is 1. The van der Waals surface area contributed by atoms with Gasteiger partial charge in [0.15, 0.2) is 9.84 Å². The van der Waals surface area contributed by atoms with Crippen LogP contribution in [0.25, 0.3) is 0 Å². The van der Waals surface area contributed by atoms with Crippen LogP contribution in [0.1, 0.15) is 13.8 Å². The van der Waals surface area contributed by atoms with Gasteiger partial charge in [-0.2, -0.15) is 0 Å². The summed E-state index contributed by atoms with van der Waals surface area (Å²) in [6, 6.07) is 4.86. The van der Waals surface area contributed by atoms with Crippen molar-refractivity contribution < 1.29 is 27.9 Å². The molecule has 0 saturated carbocycles. The maximum Gasteiger partial charge on any atom is 0.326 e. The molecule has 0 fully saturated rings. The topological polar surface area (TPSA) is 101 Å². The van der Waals surface area contributed by atoms with E-state index in [1.165, 1.54) is 52.3 Å². The molecule has 0 aliphatic heterocycles. The van der Waals surface area contributed by atoms with E-state index < -0.39 is 39.4 Å². The average Bonchev–Trinajstić information content (AvgIpc) is 2.52. The molecule has 0 saturated heterocycles. The third-order valence-electron chi connectivity index (χ3n) is 3.60. The van der Waals surface area contributed by atoms with Gasteiger partial charge in [-0.15, -0.1) is 0 Å². The number of methoxy groups -OCH3 is 1. The van der Waals surface area contributed by atoms with Crippen LogP contribution >= 0.6 is 0 Å². The molecule has 0 bridgehead atoms. The average molecular weight is 343 g/mol. The fraction of sp³-hybridized carbons (Fsp3) is 0.467. The predicted octanol–water partition coefficient (Wildman–Crippen LogP) is 1.04. The summed E-state index contributed by atoms with van der Waals surface area (Å²) in [7, 11) is -0.839. The highest BCUT2D eigenvalue weighted by Crippen LogP contribution is 2.19. The van der Waals surface area contributed by atoms with Gasteiger partial charge in [0, 0.05) is 13.0 Å². The zero-order valence-electron chi connectivity index (χ0n) is 13.5. The summed E-state index contributed by atoms with van der Waals surface area (Å²) >= 11 is 0. The fourth-order valence-electron chi connectivity index (χ4n) is 1.98. The summed E-state index contributed by atoms with van der Waals surface area (Å²) in [5, 5.41) is 8.92. The van der Waals surface area contributed by atoms with Crippen LogP contribution in [0.3, 0.4) is 0 Å². The zero-order valence-corrected chi connectivity index (χ0v) is 14.3. The van der Waals surface area contributed by atoms with E-state index in [4.69, 9.17) is 9.84 Å². The Balaban J connectivity index is 2.87. The summed E-state index contributed by atoms with van der Waals surface area (Å²) in [5.41, 5.74) is 0. The highest BCUT2D eigenvalue weighted by molar-refractivity contribution is 7.91. The monoisotopic (exact) mass is 343 g/mol. The largest absolute Gasteiger partial charge is 0.497 e. The predicted molar refractivity (Wildman–Crippen MR) is 84.1 cm³/mol. The van der Waals surface area contributed by atoms with Crippen LogP contribution < -0.4 is 4.74 Å². The van der Waals surface area contributed by atoms with Gasteiger partial charge in [0.2, 0.25) is 5.91 Å². The molecule has 2 unspecified atom stereocenters. The van der Waals surface area contributed by atoms with Gasteiger partial charge in [-0.3, -0.25) is 4.79 Å². The second-order valence-electron chi connectivity index (χ2n) is 5.32. The number of sulfone groups is 1. The number of ether oxygens (including phenoxy) is 1. The molecule has 1 N–H and O–H groups in total. The van der Waals surface area contributed by atoms with Crippen molar-refractivity contribution in [2.75, 3.05) is 19.9 Å². The normalized spacial score (nSPS) is 13.9. The second-order valence-corrected chi connectivity index (χ2v) is 7.36. The molecule has 1 aromatic carbocycles. The van der Waals surface area contributed by atoms with Crippen molar-refractivity contribution in [1.82, 2.24) is 4.90 Å². The number of carboxylic acids is 1. The van der Waals surface area contributed by atoms with Crippen molar-refractivity contribution in [2.45, 2.75) is 24.8 Å². The third-order valence-corrected chi connectivity index (χ3v) is 5.52. The molecule has 2 atom stereocenters. The van der Waals surface area contributed by atoms with Crippen molar-refractivity contribution >= 4 is 21.7 Å². The lowest BCUT2D eigenvalue weighted by Gasteiger charge is -2.24. The molecular weight excluding hydrogens is 322 g/mol. The number of hydrogen-bond acceptors (Lipinski definition) is 5. The molecule has 128 valence electrons. The first kappa shape index (κ1) is 19.0. The van der Waals surface area contributed by atoms with Crippen molar-refractivity contribution in [3.63, 3.8) is 0 Å². The van der Waals surface area contributed by atoms with E-state index in [1.807, 2.05) is 0 Å². The first-order valence-corrected chi connectivity index (χ1v) is 8.61. The zero-order chi connectivity index (χ0) is 17.8. The summed E-state index contributed by atoms with van der Waals surface area (Å²) in [6.45, 7) is 2.83. The van der Waals surface area contributed by atoms with Gasteiger partial charge >= 0.3 is 5.97 Å². The Kier molecular flexibility index (Phi) is 6.14.